The van der Waals surface area contributed by atoms with Gasteiger partial charge < -0.3 is 5.73 Å². The molecule has 0 bridgehead atoms. The highest BCUT2D eigenvalue weighted by Gasteiger charge is 2.35. The van der Waals surface area contributed by atoms with Crippen molar-refractivity contribution in [3.63, 3.8) is 0 Å². The van der Waals surface area contributed by atoms with E-state index in [9.17, 15) is 8.42 Å². The molecule has 1 aliphatic rings. The number of sulfonamides is 1. The summed E-state index contributed by atoms with van der Waals surface area (Å²) in [6.07, 6.45) is 1.41. The Labute approximate surface area is 126 Å². The van der Waals surface area contributed by atoms with Gasteiger partial charge in [-0.3, -0.25) is 0 Å². The molecule has 1 aromatic rings. The first-order valence-corrected chi connectivity index (χ1v) is 8.54. The molecule has 1 aliphatic heterocycles. The molecule has 2 N–H and O–H groups in total. The van der Waals surface area contributed by atoms with Crippen LogP contribution in [-0.4, -0.2) is 30.3 Å². The topological polar surface area (TPSA) is 63.4 Å². The van der Waals surface area contributed by atoms with Gasteiger partial charge in [0.2, 0.25) is 10.0 Å². The zero-order chi connectivity index (χ0) is 14.9. The smallest absolute Gasteiger partial charge is 0.243 e. The summed E-state index contributed by atoms with van der Waals surface area (Å²) in [6.45, 7) is 4.64. The lowest BCUT2D eigenvalue weighted by Gasteiger charge is -2.21. The summed E-state index contributed by atoms with van der Waals surface area (Å²) >= 11 is 4.85. The zero-order valence-electron chi connectivity index (χ0n) is 11.7. The molecule has 110 valence electrons. The maximum absolute atomic E-state index is 12.6. The minimum atomic E-state index is -3.40. The van der Waals surface area contributed by atoms with Crippen molar-refractivity contribution in [1.82, 2.24) is 4.31 Å². The molecule has 0 saturated carbocycles. The summed E-state index contributed by atoms with van der Waals surface area (Å²) in [5, 5.41) is 0. The maximum atomic E-state index is 12.6. The van der Waals surface area contributed by atoms with Crippen LogP contribution in [0.3, 0.4) is 0 Å². The molecule has 1 aromatic carbocycles. The van der Waals surface area contributed by atoms with Crippen molar-refractivity contribution in [2.75, 3.05) is 6.54 Å². The SMILES string of the molecule is CC1CC(C)N(S(=O)(=O)c2ccc(CC(N)=S)cc2)C1. The molecule has 1 heterocycles. The van der Waals surface area contributed by atoms with Crippen LogP contribution in [0.5, 0.6) is 0 Å². The van der Waals surface area contributed by atoms with Gasteiger partial charge in [-0.15, -0.1) is 0 Å². The van der Waals surface area contributed by atoms with Gasteiger partial charge in [-0.05, 0) is 37.0 Å². The van der Waals surface area contributed by atoms with E-state index in [4.69, 9.17) is 18.0 Å². The van der Waals surface area contributed by atoms with Gasteiger partial charge in [-0.1, -0.05) is 31.3 Å². The number of hydrogen-bond acceptors (Lipinski definition) is 3. The molecule has 0 radical (unpaired) electrons. The molecule has 2 atom stereocenters. The van der Waals surface area contributed by atoms with Crippen molar-refractivity contribution < 1.29 is 8.42 Å². The highest BCUT2D eigenvalue weighted by Crippen LogP contribution is 2.29. The molecule has 0 aromatic heterocycles. The Morgan fingerprint density at radius 3 is 2.40 bits per heavy atom. The van der Waals surface area contributed by atoms with Crippen LogP contribution in [-0.2, 0) is 16.4 Å². The number of nitrogens with two attached hydrogens (primary N) is 1. The maximum Gasteiger partial charge on any atom is 0.243 e. The van der Waals surface area contributed by atoms with E-state index in [-0.39, 0.29) is 6.04 Å². The molecule has 0 spiro atoms. The fraction of sp³-hybridized carbons (Fsp3) is 0.500. The quantitative estimate of drug-likeness (QED) is 0.863. The van der Waals surface area contributed by atoms with Crippen LogP contribution < -0.4 is 5.73 Å². The molecular weight excluding hydrogens is 292 g/mol. The van der Waals surface area contributed by atoms with Crippen molar-refractivity contribution >= 4 is 27.2 Å². The van der Waals surface area contributed by atoms with Gasteiger partial charge in [-0.2, -0.15) is 4.31 Å². The Kier molecular flexibility index (Phi) is 4.46. The molecule has 6 heteroatoms. The average molecular weight is 312 g/mol. The molecule has 20 heavy (non-hydrogen) atoms. The van der Waals surface area contributed by atoms with Crippen LogP contribution in [0.2, 0.25) is 0 Å². The highest BCUT2D eigenvalue weighted by atomic mass is 32.2. The standard InChI is InChI=1S/C14H20N2O2S2/c1-10-7-11(2)16(9-10)20(17,18)13-5-3-12(4-6-13)8-14(15)19/h3-6,10-11H,7-9H2,1-2H3,(H2,15,19). The normalized spacial score (nSPS) is 23.9. The Morgan fingerprint density at radius 2 is 1.95 bits per heavy atom. The number of nitrogens with zero attached hydrogens (tertiary/aromatic N) is 1. The second-order valence-electron chi connectivity index (χ2n) is 5.55. The van der Waals surface area contributed by atoms with Crippen molar-refractivity contribution in [2.45, 2.75) is 37.6 Å². The van der Waals surface area contributed by atoms with Crippen molar-refractivity contribution in [3.05, 3.63) is 29.8 Å². The molecule has 1 fully saturated rings. The number of rotatable bonds is 4. The first-order valence-electron chi connectivity index (χ1n) is 6.70. The third-order valence-electron chi connectivity index (χ3n) is 3.64. The van der Waals surface area contributed by atoms with Gasteiger partial charge in [0, 0.05) is 19.0 Å². The fourth-order valence-electron chi connectivity index (χ4n) is 2.71. The molecule has 1 saturated heterocycles. The van der Waals surface area contributed by atoms with Gasteiger partial charge in [0.25, 0.3) is 0 Å². The van der Waals surface area contributed by atoms with E-state index in [1.807, 2.05) is 6.92 Å². The molecule has 0 aliphatic carbocycles. The third-order valence-corrected chi connectivity index (χ3v) is 5.77. The summed E-state index contributed by atoms with van der Waals surface area (Å²) < 4.78 is 26.8. The second-order valence-corrected chi connectivity index (χ2v) is 7.97. The molecule has 4 nitrogen and oxygen atoms in total. The van der Waals surface area contributed by atoms with Crippen molar-refractivity contribution in [1.29, 1.82) is 0 Å². The predicted molar refractivity (Wildman–Crippen MR) is 84.1 cm³/mol. The minimum Gasteiger partial charge on any atom is -0.393 e. The van der Waals surface area contributed by atoms with Crippen LogP contribution in [0.1, 0.15) is 25.8 Å². The Hall–Kier alpha value is -0.980. The van der Waals surface area contributed by atoms with E-state index in [2.05, 4.69) is 6.92 Å². The number of benzene rings is 1. The molecule has 2 rings (SSSR count). The molecule has 2 unspecified atom stereocenters. The van der Waals surface area contributed by atoms with Crippen molar-refractivity contribution in [2.24, 2.45) is 11.7 Å². The second kappa shape index (κ2) is 5.79. The van der Waals surface area contributed by atoms with Gasteiger partial charge in [0.15, 0.2) is 0 Å². The summed E-state index contributed by atoms with van der Waals surface area (Å²) in [4.78, 5) is 0.743. The fourth-order valence-corrected chi connectivity index (χ4v) is 4.64. The monoisotopic (exact) mass is 312 g/mol. The molecular formula is C14H20N2O2S2. The van der Waals surface area contributed by atoms with Crippen LogP contribution >= 0.6 is 12.2 Å². The van der Waals surface area contributed by atoms with E-state index in [0.717, 1.165) is 12.0 Å². The highest BCUT2D eigenvalue weighted by molar-refractivity contribution is 7.89. The van der Waals surface area contributed by atoms with E-state index in [1.54, 1.807) is 28.6 Å². The predicted octanol–water partition coefficient (Wildman–Crippen LogP) is 1.93. The lowest BCUT2D eigenvalue weighted by molar-refractivity contribution is 0.405. The number of thiocarbonyl (C=S) groups is 1. The van der Waals surface area contributed by atoms with E-state index < -0.39 is 10.0 Å². The summed E-state index contributed by atoms with van der Waals surface area (Å²) in [5.74, 6) is 0.411. The van der Waals surface area contributed by atoms with Crippen LogP contribution in [0.4, 0.5) is 0 Å². The van der Waals surface area contributed by atoms with E-state index >= 15 is 0 Å². The summed E-state index contributed by atoms with van der Waals surface area (Å²) in [6, 6.07) is 6.88. The van der Waals surface area contributed by atoms with Gasteiger partial charge >= 0.3 is 0 Å². The van der Waals surface area contributed by atoms with Gasteiger partial charge in [0.05, 0.1) is 9.88 Å². The zero-order valence-corrected chi connectivity index (χ0v) is 13.4. The largest absolute Gasteiger partial charge is 0.393 e. The van der Waals surface area contributed by atoms with E-state index in [0.29, 0.717) is 28.8 Å². The summed E-state index contributed by atoms with van der Waals surface area (Å²) in [5.41, 5.74) is 6.42. The van der Waals surface area contributed by atoms with E-state index in [1.165, 1.54) is 0 Å². The van der Waals surface area contributed by atoms with Crippen molar-refractivity contribution in [3.8, 4) is 0 Å². The molecule has 0 amide bonds. The van der Waals surface area contributed by atoms with Crippen LogP contribution in [0.25, 0.3) is 0 Å². The minimum absolute atomic E-state index is 0.0614. The Bertz CT molecular complexity index is 596. The summed E-state index contributed by atoms with van der Waals surface area (Å²) in [7, 11) is -3.40. The average Bonchev–Trinajstić information content (AvgIpc) is 2.69. The number of hydrogen-bond donors (Lipinski definition) is 1. The lowest BCUT2D eigenvalue weighted by atomic mass is 10.1. The first-order chi connectivity index (χ1) is 9.30. The lowest BCUT2D eigenvalue weighted by Crippen LogP contribution is -2.34. The van der Waals surface area contributed by atoms with Crippen LogP contribution in [0.15, 0.2) is 29.2 Å². The van der Waals surface area contributed by atoms with Crippen LogP contribution in [0, 0.1) is 5.92 Å². The first kappa shape index (κ1) is 15.4. The third kappa shape index (κ3) is 3.19. The Morgan fingerprint density at radius 1 is 1.35 bits per heavy atom. The van der Waals surface area contributed by atoms with Gasteiger partial charge in [0.1, 0.15) is 0 Å². The van der Waals surface area contributed by atoms with Gasteiger partial charge in [-0.25, -0.2) is 8.42 Å². The Balaban J connectivity index is 2.24.